The number of amides is 1. The third kappa shape index (κ3) is 2.40. The Hall–Kier alpha value is -2.15. The molecule has 7 heteroatoms. The van der Waals surface area contributed by atoms with Crippen LogP contribution in [0.15, 0.2) is 24.3 Å². The number of carbonyl (C=O) groups is 1. The van der Waals surface area contributed by atoms with Crippen molar-refractivity contribution in [1.82, 2.24) is 4.37 Å². The summed E-state index contributed by atoms with van der Waals surface area (Å²) in [5, 5.41) is 3.36. The lowest BCUT2D eigenvalue weighted by Crippen LogP contribution is -2.14. The predicted molar refractivity (Wildman–Crippen MR) is 68.8 cm³/mol. The van der Waals surface area contributed by atoms with Gasteiger partial charge in [-0.05, 0) is 17.6 Å². The highest BCUT2D eigenvalue weighted by atomic mass is 32.1. The average Bonchev–Trinajstić information content (AvgIpc) is 2.69. The number of nitrogens with zero attached hydrogens (tertiary/aromatic N) is 1. The third-order valence-electron chi connectivity index (χ3n) is 2.36. The number of halogens is 1. The average molecular weight is 266 g/mol. The van der Waals surface area contributed by atoms with Gasteiger partial charge in [-0.15, -0.1) is 0 Å². The number of carbonyl (C=O) groups excluding carboxylic acids is 1. The maximum Gasteiger partial charge on any atom is 0.255 e. The van der Waals surface area contributed by atoms with Gasteiger partial charge in [-0.25, -0.2) is 4.39 Å². The first-order valence-corrected chi connectivity index (χ1v) is 5.89. The number of primary amides is 1. The van der Waals surface area contributed by atoms with Crippen LogP contribution in [0.2, 0.25) is 0 Å². The maximum atomic E-state index is 13.4. The Morgan fingerprint density at radius 3 is 2.83 bits per heavy atom. The van der Waals surface area contributed by atoms with E-state index in [4.69, 9.17) is 11.5 Å². The quantitative estimate of drug-likeness (QED) is 0.783. The van der Waals surface area contributed by atoms with Crippen LogP contribution in [0.1, 0.15) is 15.9 Å². The summed E-state index contributed by atoms with van der Waals surface area (Å²) in [5.41, 5.74) is 11.4. The van der Waals surface area contributed by atoms with Crippen molar-refractivity contribution in [2.75, 3.05) is 11.1 Å². The zero-order valence-corrected chi connectivity index (χ0v) is 10.1. The number of benzene rings is 1. The molecule has 94 valence electrons. The second-order valence-electron chi connectivity index (χ2n) is 3.58. The number of hydrogen-bond acceptors (Lipinski definition) is 5. The second kappa shape index (κ2) is 5.01. The Balaban J connectivity index is 2.16. The van der Waals surface area contributed by atoms with E-state index in [0.717, 1.165) is 11.5 Å². The highest BCUT2D eigenvalue weighted by Crippen LogP contribution is 2.26. The fourth-order valence-corrected chi connectivity index (χ4v) is 2.19. The van der Waals surface area contributed by atoms with Crippen LogP contribution in [0.5, 0.6) is 0 Å². The minimum Gasteiger partial charge on any atom is -0.382 e. The molecule has 0 bridgehead atoms. The van der Waals surface area contributed by atoms with Gasteiger partial charge in [0.1, 0.15) is 16.4 Å². The van der Waals surface area contributed by atoms with Crippen molar-refractivity contribution in [2.45, 2.75) is 6.54 Å². The van der Waals surface area contributed by atoms with Crippen LogP contribution in [0, 0.1) is 5.82 Å². The molecule has 5 nitrogen and oxygen atoms in total. The Labute approximate surface area is 107 Å². The van der Waals surface area contributed by atoms with Crippen LogP contribution in [-0.2, 0) is 6.54 Å². The summed E-state index contributed by atoms with van der Waals surface area (Å²) >= 11 is 1.02. The van der Waals surface area contributed by atoms with Crippen molar-refractivity contribution in [1.29, 1.82) is 0 Å². The summed E-state index contributed by atoms with van der Waals surface area (Å²) in [6, 6.07) is 6.36. The lowest BCUT2D eigenvalue weighted by molar-refractivity contribution is 0.100. The lowest BCUT2D eigenvalue weighted by Gasteiger charge is -2.06. The molecule has 1 aromatic heterocycles. The first-order chi connectivity index (χ1) is 8.59. The largest absolute Gasteiger partial charge is 0.382 e. The van der Waals surface area contributed by atoms with E-state index in [0.29, 0.717) is 10.6 Å². The van der Waals surface area contributed by atoms with E-state index in [2.05, 4.69) is 9.69 Å². The van der Waals surface area contributed by atoms with Crippen LogP contribution >= 0.6 is 11.5 Å². The Bertz CT molecular complexity index is 584. The maximum absolute atomic E-state index is 13.4. The van der Waals surface area contributed by atoms with Gasteiger partial charge in [0.05, 0.1) is 0 Å². The summed E-state index contributed by atoms with van der Waals surface area (Å²) < 4.78 is 17.2. The topological polar surface area (TPSA) is 94.0 Å². The minimum absolute atomic E-state index is 0.0866. The van der Waals surface area contributed by atoms with Gasteiger partial charge in [0.2, 0.25) is 0 Å². The van der Waals surface area contributed by atoms with Gasteiger partial charge in [-0.3, -0.25) is 4.79 Å². The van der Waals surface area contributed by atoms with Crippen molar-refractivity contribution in [3.05, 3.63) is 41.2 Å². The van der Waals surface area contributed by atoms with Gasteiger partial charge in [-0.2, -0.15) is 4.37 Å². The smallest absolute Gasteiger partial charge is 0.255 e. The minimum atomic E-state index is -0.655. The zero-order valence-electron chi connectivity index (χ0n) is 9.31. The molecular formula is C11H11FN4OS. The fraction of sp³-hybridized carbons (Fsp3) is 0.0909. The molecule has 0 atom stereocenters. The number of anilines is 2. The predicted octanol–water partition coefficient (Wildman–Crippen LogP) is 1.58. The van der Waals surface area contributed by atoms with Crippen molar-refractivity contribution < 1.29 is 9.18 Å². The molecule has 0 saturated carbocycles. The fourth-order valence-electron chi connectivity index (χ4n) is 1.48. The molecule has 0 unspecified atom stereocenters. The van der Waals surface area contributed by atoms with E-state index in [1.165, 1.54) is 6.07 Å². The lowest BCUT2D eigenvalue weighted by atomic mass is 10.2. The van der Waals surface area contributed by atoms with E-state index in [-0.39, 0.29) is 23.7 Å². The van der Waals surface area contributed by atoms with Gasteiger partial charge in [-0.1, -0.05) is 18.2 Å². The molecule has 0 aliphatic heterocycles. The Morgan fingerprint density at radius 2 is 2.17 bits per heavy atom. The molecule has 0 fully saturated rings. The third-order valence-corrected chi connectivity index (χ3v) is 3.18. The molecule has 0 spiro atoms. The van der Waals surface area contributed by atoms with Gasteiger partial charge in [0, 0.05) is 12.1 Å². The molecule has 2 rings (SSSR count). The van der Waals surface area contributed by atoms with Crippen molar-refractivity contribution in [3.8, 4) is 0 Å². The van der Waals surface area contributed by atoms with Crippen LogP contribution in [-0.4, -0.2) is 10.3 Å². The molecule has 1 amide bonds. The number of nitrogens with one attached hydrogen (secondary N) is 1. The summed E-state index contributed by atoms with van der Waals surface area (Å²) in [5.74, 6) is -0.885. The highest BCUT2D eigenvalue weighted by Gasteiger charge is 2.16. The molecule has 0 aliphatic carbocycles. The van der Waals surface area contributed by atoms with E-state index >= 15 is 0 Å². The van der Waals surface area contributed by atoms with Crippen LogP contribution in [0.3, 0.4) is 0 Å². The molecule has 18 heavy (non-hydrogen) atoms. The monoisotopic (exact) mass is 266 g/mol. The van der Waals surface area contributed by atoms with E-state index in [1.807, 2.05) is 0 Å². The molecule has 0 radical (unpaired) electrons. The molecular weight excluding hydrogens is 255 g/mol. The van der Waals surface area contributed by atoms with E-state index in [1.54, 1.807) is 18.2 Å². The first-order valence-electron chi connectivity index (χ1n) is 5.12. The molecule has 2 aromatic rings. The number of nitrogens with two attached hydrogens (primary N) is 2. The first kappa shape index (κ1) is 12.3. The summed E-state index contributed by atoms with van der Waals surface area (Å²) in [7, 11) is 0. The molecule has 0 saturated heterocycles. The molecule has 5 N–H and O–H groups in total. The van der Waals surface area contributed by atoms with E-state index < -0.39 is 5.91 Å². The zero-order chi connectivity index (χ0) is 13.1. The van der Waals surface area contributed by atoms with Crippen LogP contribution < -0.4 is 16.8 Å². The van der Waals surface area contributed by atoms with Crippen molar-refractivity contribution in [2.24, 2.45) is 5.73 Å². The van der Waals surface area contributed by atoms with Crippen LogP contribution in [0.4, 0.5) is 15.2 Å². The SMILES string of the molecule is NC(=O)c1c(N)nsc1NCc1ccccc1F. The van der Waals surface area contributed by atoms with Gasteiger partial charge in [0.15, 0.2) is 5.82 Å². The van der Waals surface area contributed by atoms with Gasteiger partial charge >= 0.3 is 0 Å². The number of hydrogen-bond donors (Lipinski definition) is 3. The number of nitrogen functional groups attached to an aromatic ring is 1. The van der Waals surface area contributed by atoms with Crippen molar-refractivity contribution in [3.63, 3.8) is 0 Å². The van der Waals surface area contributed by atoms with Crippen molar-refractivity contribution >= 4 is 28.3 Å². The molecule has 1 heterocycles. The highest BCUT2D eigenvalue weighted by molar-refractivity contribution is 7.11. The molecule has 0 aliphatic rings. The summed E-state index contributed by atoms with van der Waals surface area (Å²) in [6.07, 6.45) is 0. The number of rotatable bonds is 4. The Morgan fingerprint density at radius 1 is 1.44 bits per heavy atom. The second-order valence-corrected chi connectivity index (χ2v) is 4.35. The Kier molecular flexibility index (Phi) is 3.42. The van der Waals surface area contributed by atoms with Gasteiger partial charge in [0.25, 0.3) is 5.91 Å². The number of aromatic nitrogens is 1. The van der Waals surface area contributed by atoms with Gasteiger partial charge < -0.3 is 16.8 Å². The normalized spacial score (nSPS) is 10.3. The standard InChI is InChI=1S/C11H11FN4OS/c12-7-4-2-1-3-6(7)5-15-11-8(10(14)17)9(13)16-18-11/h1-4,15H,5H2,(H2,13,16)(H2,14,17). The summed E-state index contributed by atoms with van der Waals surface area (Å²) in [6.45, 7) is 0.231. The summed E-state index contributed by atoms with van der Waals surface area (Å²) in [4.78, 5) is 11.2. The molecule has 1 aromatic carbocycles. The van der Waals surface area contributed by atoms with E-state index in [9.17, 15) is 9.18 Å². The van der Waals surface area contributed by atoms with Crippen LogP contribution in [0.25, 0.3) is 0 Å².